The quantitative estimate of drug-likeness (QED) is 0.112. The van der Waals surface area contributed by atoms with Gasteiger partial charge in [0.1, 0.15) is 0 Å². The normalized spacial score (nSPS) is 12.2. The number of fused-ring (bicyclic) bond motifs is 13. The van der Waals surface area contributed by atoms with E-state index >= 15 is 0 Å². The van der Waals surface area contributed by atoms with Crippen LogP contribution in [0, 0.1) is 0 Å². The molecule has 6 heterocycles. The summed E-state index contributed by atoms with van der Waals surface area (Å²) in [4.78, 5) is 26.7. The van der Waals surface area contributed by atoms with Crippen molar-refractivity contribution in [3.63, 3.8) is 0 Å². The summed E-state index contributed by atoms with van der Waals surface area (Å²) in [5.74, 6) is 2.82. The average molecular weight is 991 g/mol. The van der Waals surface area contributed by atoms with E-state index < -0.39 is 8.07 Å². The van der Waals surface area contributed by atoms with Gasteiger partial charge < -0.3 is 4.57 Å². The molecule has 6 aromatic heterocycles. The highest BCUT2D eigenvalue weighted by Gasteiger charge is 2.41. The van der Waals surface area contributed by atoms with Gasteiger partial charge in [0.2, 0.25) is 23.5 Å². The molecule has 16 aromatic rings. The van der Waals surface area contributed by atoms with E-state index in [4.69, 9.17) is 24.9 Å². The van der Waals surface area contributed by atoms with E-state index in [1.165, 1.54) is 42.6 Å². The van der Waals surface area contributed by atoms with E-state index in [1.54, 1.807) is 0 Å². The van der Waals surface area contributed by atoms with E-state index in [0.29, 0.717) is 29.3 Å². The highest BCUT2D eigenvalue weighted by Crippen LogP contribution is 2.34. The molecule has 0 saturated heterocycles. The van der Waals surface area contributed by atoms with Gasteiger partial charge >= 0.3 is 0 Å². The van der Waals surface area contributed by atoms with E-state index in [0.717, 1.165) is 55.4 Å². The van der Waals surface area contributed by atoms with Crippen LogP contribution in [0.25, 0.3) is 106 Å². The molecule has 10 nitrogen and oxygen atoms in total. The summed E-state index contributed by atoms with van der Waals surface area (Å²) < 4.78 is 10.9. The van der Waals surface area contributed by atoms with Crippen LogP contribution in [0.5, 0.6) is 0 Å². The van der Waals surface area contributed by atoms with Gasteiger partial charge in [-0.3, -0.25) is 8.80 Å². The molecule has 0 bridgehead atoms. The van der Waals surface area contributed by atoms with Gasteiger partial charge in [-0.25, -0.2) is 19.1 Å². The van der Waals surface area contributed by atoms with Crippen LogP contribution >= 0.6 is 0 Å². The van der Waals surface area contributed by atoms with Crippen molar-refractivity contribution >= 4 is 106 Å². The Morgan fingerprint density at radius 2 is 0.632 bits per heavy atom. The zero-order valence-electron chi connectivity index (χ0n) is 40.7. The SMILES string of the molecule is c1ccc([Si](c2ccccc2)(c2ccc(-c3nc(-n4c5ccccc5n5c6ccccc6nc45)nc(-n4c5ccccc5n5c6ccccc6nc45)n3)cc2)c2ccc(-n3c4ccccc4c4ccccc43)cc2)cc1. The standard InChI is InChI=1S/C65H42N10Si/c1-3-19-45(20-4-1)76(46-21-5-2-6-22-46,48-41-37-44(38-42-48)71-53-27-11-7-23-49(53)50-24-8-12-28-54(50)71)47-39-35-43(36-40-47)61-68-62(74-59-33-17-15-31-57(59)72-55-29-13-9-25-51(55)66-64(72)74)70-63(69-61)75-60-34-18-16-32-58(60)73-56-30-14-10-26-52(56)67-65(73)75/h1-42H. The Morgan fingerprint density at radius 1 is 0.263 bits per heavy atom. The monoisotopic (exact) mass is 990 g/mol. The maximum Gasteiger partial charge on any atom is 0.242 e. The first-order valence-corrected chi connectivity index (χ1v) is 27.5. The molecule has 0 N–H and O–H groups in total. The van der Waals surface area contributed by atoms with E-state index in [1.807, 2.05) is 24.3 Å². The Bertz CT molecular complexity index is 4670. The second-order valence-corrected chi connectivity index (χ2v) is 23.2. The second kappa shape index (κ2) is 16.4. The molecule has 0 amide bonds. The fourth-order valence-corrected chi connectivity index (χ4v) is 16.8. The molecule has 0 aliphatic heterocycles. The Labute approximate surface area is 435 Å². The fraction of sp³-hybridized carbons (Fsp3) is 0. The van der Waals surface area contributed by atoms with Gasteiger partial charge in [-0.1, -0.05) is 182 Å². The number of aromatic nitrogens is 10. The van der Waals surface area contributed by atoms with Crippen LogP contribution in [0.15, 0.2) is 255 Å². The zero-order chi connectivity index (χ0) is 49.9. The van der Waals surface area contributed by atoms with Gasteiger partial charge in [0.25, 0.3) is 0 Å². The summed E-state index contributed by atoms with van der Waals surface area (Å²) >= 11 is 0. The summed E-state index contributed by atoms with van der Waals surface area (Å²) in [7, 11) is -3.00. The number of para-hydroxylation sites is 10. The Kier molecular flexibility index (Phi) is 9.12. The molecular formula is C65H42N10Si. The topological polar surface area (TPSA) is 88.1 Å². The highest BCUT2D eigenvalue weighted by molar-refractivity contribution is 7.19. The first kappa shape index (κ1) is 42.3. The molecule has 11 heteroatoms. The van der Waals surface area contributed by atoms with Crippen LogP contribution in [0.2, 0.25) is 0 Å². The predicted octanol–water partition coefficient (Wildman–Crippen LogP) is 11.5. The number of hydrogen-bond donors (Lipinski definition) is 0. The number of rotatable bonds is 8. The smallest absolute Gasteiger partial charge is 0.242 e. The van der Waals surface area contributed by atoms with Crippen molar-refractivity contribution in [2.24, 2.45) is 0 Å². The number of imidazole rings is 4. The zero-order valence-corrected chi connectivity index (χ0v) is 41.7. The predicted molar refractivity (Wildman–Crippen MR) is 309 cm³/mol. The van der Waals surface area contributed by atoms with Crippen molar-refractivity contribution in [2.45, 2.75) is 0 Å². The molecule has 0 atom stereocenters. The highest BCUT2D eigenvalue weighted by atomic mass is 28.3. The van der Waals surface area contributed by atoms with Crippen molar-refractivity contribution in [2.75, 3.05) is 0 Å². The Hall–Kier alpha value is -10.2. The molecular weight excluding hydrogens is 949 g/mol. The summed E-state index contributed by atoms with van der Waals surface area (Å²) in [5, 5.41) is 7.57. The van der Waals surface area contributed by atoms with Gasteiger partial charge in [-0.05, 0) is 93.5 Å². The minimum Gasteiger partial charge on any atom is -0.309 e. The second-order valence-electron chi connectivity index (χ2n) is 19.4. The molecule has 76 heavy (non-hydrogen) atoms. The first-order chi connectivity index (χ1) is 37.7. The minimum atomic E-state index is -3.00. The van der Waals surface area contributed by atoms with Gasteiger partial charge in [-0.15, -0.1) is 0 Å². The molecule has 0 unspecified atom stereocenters. The molecule has 0 saturated carbocycles. The Morgan fingerprint density at radius 3 is 1.11 bits per heavy atom. The van der Waals surface area contributed by atoms with E-state index in [2.05, 4.69) is 253 Å². The first-order valence-electron chi connectivity index (χ1n) is 25.5. The van der Waals surface area contributed by atoms with Crippen LogP contribution in [0.4, 0.5) is 0 Å². The van der Waals surface area contributed by atoms with Crippen LogP contribution in [-0.4, -0.2) is 55.5 Å². The van der Waals surface area contributed by atoms with Crippen LogP contribution in [-0.2, 0) is 0 Å². The molecule has 0 aliphatic rings. The van der Waals surface area contributed by atoms with Crippen molar-refractivity contribution in [3.8, 4) is 29.0 Å². The van der Waals surface area contributed by atoms with Crippen molar-refractivity contribution in [1.82, 2.24) is 47.4 Å². The molecule has 356 valence electrons. The Balaban J connectivity index is 0.921. The molecule has 16 rings (SSSR count). The maximum atomic E-state index is 5.43. The lowest BCUT2D eigenvalue weighted by molar-refractivity contribution is 0.877. The molecule has 0 radical (unpaired) electrons. The third kappa shape index (κ3) is 6.05. The molecule has 10 aromatic carbocycles. The van der Waals surface area contributed by atoms with Crippen molar-refractivity contribution < 1.29 is 0 Å². The summed E-state index contributed by atoms with van der Waals surface area (Å²) in [6.07, 6.45) is 0. The van der Waals surface area contributed by atoms with E-state index in [9.17, 15) is 0 Å². The lowest BCUT2D eigenvalue weighted by Crippen LogP contribution is -2.74. The third-order valence-corrected chi connectivity index (χ3v) is 20.2. The summed E-state index contributed by atoms with van der Waals surface area (Å²) in [6.45, 7) is 0. The van der Waals surface area contributed by atoms with Gasteiger partial charge in [0.15, 0.2) is 13.9 Å². The van der Waals surface area contributed by atoms with E-state index in [-0.39, 0.29) is 0 Å². The van der Waals surface area contributed by atoms with Gasteiger partial charge in [0, 0.05) is 22.0 Å². The molecule has 0 spiro atoms. The van der Waals surface area contributed by atoms with Gasteiger partial charge in [0.05, 0.1) is 55.2 Å². The van der Waals surface area contributed by atoms with Crippen LogP contribution < -0.4 is 20.7 Å². The maximum absolute atomic E-state index is 5.43. The average Bonchev–Trinajstić information content (AvgIpc) is 4.38. The lowest BCUT2D eigenvalue weighted by Gasteiger charge is -2.34. The van der Waals surface area contributed by atoms with Gasteiger partial charge in [-0.2, -0.15) is 15.0 Å². The fourth-order valence-electron chi connectivity index (χ4n) is 12.1. The van der Waals surface area contributed by atoms with Crippen LogP contribution in [0.3, 0.4) is 0 Å². The van der Waals surface area contributed by atoms with Crippen molar-refractivity contribution in [3.05, 3.63) is 255 Å². The summed E-state index contributed by atoms with van der Waals surface area (Å²) in [5.41, 5.74) is 12.0. The molecule has 0 fully saturated rings. The van der Waals surface area contributed by atoms with Crippen LogP contribution in [0.1, 0.15) is 0 Å². The molecule has 0 aliphatic carbocycles. The lowest BCUT2D eigenvalue weighted by atomic mass is 10.2. The number of hydrogen-bond acceptors (Lipinski definition) is 5. The number of benzene rings is 10. The summed E-state index contributed by atoms with van der Waals surface area (Å²) in [6, 6.07) is 91.0. The third-order valence-electron chi connectivity index (χ3n) is 15.4. The minimum absolute atomic E-state index is 0.443. The number of nitrogens with zero attached hydrogens (tertiary/aromatic N) is 10. The largest absolute Gasteiger partial charge is 0.309 e. The van der Waals surface area contributed by atoms with Crippen molar-refractivity contribution in [1.29, 1.82) is 0 Å².